The molecule has 0 saturated carbocycles. The molecule has 3 aromatic rings. The first kappa shape index (κ1) is 16.7. The molecule has 7 nitrogen and oxygen atoms in total. The van der Waals surface area contributed by atoms with E-state index in [2.05, 4.69) is 15.3 Å². The average molecular weight is 374 g/mol. The predicted molar refractivity (Wildman–Crippen MR) is 102 cm³/mol. The van der Waals surface area contributed by atoms with E-state index in [-0.39, 0.29) is 11.8 Å². The van der Waals surface area contributed by atoms with Gasteiger partial charge in [-0.1, -0.05) is 18.2 Å². The first-order valence-electron chi connectivity index (χ1n) is 9.25. The lowest BCUT2D eigenvalue weighted by Gasteiger charge is -2.44. The highest BCUT2D eigenvalue weighted by Crippen LogP contribution is 2.33. The molecule has 2 aromatic carbocycles. The number of benzene rings is 2. The lowest BCUT2D eigenvalue weighted by Crippen LogP contribution is -2.61. The van der Waals surface area contributed by atoms with E-state index in [0.29, 0.717) is 53.8 Å². The Bertz CT molecular complexity index is 1080. The van der Waals surface area contributed by atoms with Gasteiger partial charge in [0.05, 0.1) is 16.6 Å². The van der Waals surface area contributed by atoms with E-state index in [1.165, 1.54) is 0 Å². The minimum atomic E-state index is -0.763. The number of amides is 2. The van der Waals surface area contributed by atoms with Gasteiger partial charge in [-0.05, 0) is 24.3 Å². The van der Waals surface area contributed by atoms with E-state index in [1.807, 2.05) is 30.3 Å². The molecule has 3 heterocycles. The van der Waals surface area contributed by atoms with Crippen LogP contribution in [0.4, 0.5) is 0 Å². The molecular formula is C21H18N4O3. The number of nitrogens with zero attached hydrogens (tertiary/aromatic N) is 3. The quantitative estimate of drug-likeness (QED) is 0.707. The molecule has 0 bridgehead atoms. The van der Waals surface area contributed by atoms with Crippen LogP contribution in [-0.2, 0) is 0 Å². The maximum absolute atomic E-state index is 13.1. The fraction of sp³-hybridized carbons (Fsp3) is 0.238. The second-order valence-electron chi connectivity index (χ2n) is 7.07. The number of aromatic nitrogens is 2. The van der Waals surface area contributed by atoms with Crippen LogP contribution in [0.15, 0.2) is 54.9 Å². The maximum Gasteiger partial charge on any atom is 0.258 e. The summed E-state index contributed by atoms with van der Waals surface area (Å²) in [4.78, 5) is 35.9. The molecule has 28 heavy (non-hydrogen) atoms. The third kappa shape index (κ3) is 2.67. The average Bonchev–Trinajstić information content (AvgIpc) is 2.73. The summed E-state index contributed by atoms with van der Waals surface area (Å²) < 4.78 is 6.14. The number of carbonyl (C=O) groups is 2. The van der Waals surface area contributed by atoms with Gasteiger partial charge in [0.1, 0.15) is 11.3 Å². The molecule has 1 fully saturated rings. The number of rotatable bonds is 1. The van der Waals surface area contributed by atoms with Gasteiger partial charge in [0.15, 0.2) is 5.72 Å². The van der Waals surface area contributed by atoms with Gasteiger partial charge < -0.3 is 15.0 Å². The van der Waals surface area contributed by atoms with Crippen LogP contribution in [0.5, 0.6) is 5.75 Å². The Morgan fingerprint density at radius 1 is 1.04 bits per heavy atom. The van der Waals surface area contributed by atoms with Crippen molar-refractivity contribution in [1.29, 1.82) is 0 Å². The molecule has 1 saturated heterocycles. The highest BCUT2D eigenvalue weighted by atomic mass is 16.5. The molecule has 1 aromatic heterocycles. The van der Waals surface area contributed by atoms with Crippen LogP contribution in [-0.4, -0.2) is 45.5 Å². The SMILES string of the molecule is O=C1NC2(CCN(C(=O)c3cccc4nccnc34)CC2)Oc2ccccc21. The van der Waals surface area contributed by atoms with Crippen LogP contribution in [0, 0.1) is 0 Å². The largest absolute Gasteiger partial charge is 0.467 e. The van der Waals surface area contributed by atoms with Crippen LogP contribution in [0.3, 0.4) is 0 Å². The van der Waals surface area contributed by atoms with E-state index in [9.17, 15) is 9.59 Å². The predicted octanol–water partition coefficient (Wildman–Crippen LogP) is 2.38. The third-order valence-electron chi connectivity index (χ3n) is 5.37. The van der Waals surface area contributed by atoms with Gasteiger partial charge >= 0.3 is 0 Å². The number of likely N-dealkylation sites (tertiary alicyclic amines) is 1. The maximum atomic E-state index is 13.1. The molecule has 7 heteroatoms. The zero-order chi connectivity index (χ0) is 19.1. The molecule has 2 aliphatic rings. The van der Waals surface area contributed by atoms with Gasteiger partial charge in [-0.25, -0.2) is 0 Å². The van der Waals surface area contributed by atoms with Crippen LogP contribution < -0.4 is 10.1 Å². The number of hydrogen-bond acceptors (Lipinski definition) is 5. The van der Waals surface area contributed by atoms with E-state index in [0.717, 1.165) is 0 Å². The van der Waals surface area contributed by atoms with Gasteiger partial charge in [0.2, 0.25) is 0 Å². The zero-order valence-electron chi connectivity index (χ0n) is 15.1. The number of nitrogens with one attached hydrogen (secondary N) is 1. The summed E-state index contributed by atoms with van der Waals surface area (Å²) >= 11 is 0. The molecule has 2 amide bonds. The molecule has 0 aliphatic carbocycles. The monoisotopic (exact) mass is 374 g/mol. The molecule has 5 rings (SSSR count). The Morgan fingerprint density at radius 2 is 1.82 bits per heavy atom. The summed E-state index contributed by atoms with van der Waals surface area (Å²) in [6.45, 7) is 0.968. The van der Waals surface area contributed by atoms with Crippen molar-refractivity contribution in [3.8, 4) is 5.75 Å². The van der Waals surface area contributed by atoms with Crippen molar-refractivity contribution in [2.45, 2.75) is 18.6 Å². The smallest absolute Gasteiger partial charge is 0.258 e. The summed E-state index contributed by atoms with van der Waals surface area (Å²) in [5.74, 6) is 0.379. The van der Waals surface area contributed by atoms with Crippen LogP contribution in [0.25, 0.3) is 11.0 Å². The first-order valence-corrected chi connectivity index (χ1v) is 9.25. The van der Waals surface area contributed by atoms with Crippen molar-refractivity contribution < 1.29 is 14.3 Å². The van der Waals surface area contributed by atoms with Crippen LogP contribution in [0.2, 0.25) is 0 Å². The van der Waals surface area contributed by atoms with Crippen LogP contribution in [0.1, 0.15) is 33.6 Å². The normalized spacial score (nSPS) is 17.7. The minimum Gasteiger partial charge on any atom is -0.467 e. The molecule has 0 atom stereocenters. The van der Waals surface area contributed by atoms with Gasteiger partial charge in [-0.2, -0.15) is 0 Å². The minimum absolute atomic E-state index is 0.0801. The Morgan fingerprint density at radius 3 is 2.68 bits per heavy atom. The van der Waals surface area contributed by atoms with Crippen molar-refractivity contribution in [2.24, 2.45) is 0 Å². The lowest BCUT2D eigenvalue weighted by atomic mass is 9.96. The summed E-state index contributed by atoms with van der Waals surface area (Å²) in [6, 6.07) is 12.7. The van der Waals surface area contributed by atoms with Crippen molar-refractivity contribution >= 4 is 22.8 Å². The van der Waals surface area contributed by atoms with E-state index >= 15 is 0 Å². The van der Waals surface area contributed by atoms with E-state index in [4.69, 9.17) is 4.74 Å². The van der Waals surface area contributed by atoms with Gasteiger partial charge in [0, 0.05) is 38.3 Å². The Hall–Kier alpha value is -3.48. The number of para-hydroxylation sites is 2. The van der Waals surface area contributed by atoms with Gasteiger partial charge in [0.25, 0.3) is 11.8 Å². The summed E-state index contributed by atoms with van der Waals surface area (Å²) in [5, 5.41) is 3.00. The molecule has 0 radical (unpaired) electrons. The second kappa shape index (κ2) is 6.30. The Balaban J connectivity index is 1.36. The summed E-state index contributed by atoms with van der Waals surface area (Å²) in [6.07, 6.45) is 4.25. The summed E-state index contributed by atoms with van der Waals surface area (Å²) in [5.41, 5.74) is 1.62. The Kier molecular flexibility index (Phi) is 3.75. The highest BCUT2D eigenvalue weighted by Gasteiger charge is 2.43. The molecule has 1 spiro atoms. The Labute approximate surface area is 161 Å². The van der Waals surface area contributed by atoms with Crippen LogP contribution >= 0.6 is 0 Å². The van der Waals surface area contributed by atoms with Gasteiger partial charge in [-0.3, -0.25) is 19.6 Å². The number of ether oxygens (including phenoxy) is 1. The third-order valence-corrected chi connectivity index (χ3v) is 5.37. The fourth-order valence-electron chi connectivity index (χ4n) is 3.89. The number of hydrogen-bond donors (Lipinski definition) is 1. The van der Waals surface area contributed by atoms with E-state index in [1.54, 1.807) is 29.4 Å². The fourth-order valence-corrected chi connectivity index (χ4v) is 3.89. The zero-order valence-corrected chi connectivity index (χ0v) is 15.1. The first-order chi connectivity index (χ1) is 13.7. The number of carbonyl (C=O) groups excluding carboxylic acids is 2. The topological polar surface area (TPSA) is 84.4 Å². The second-order valence-corrected chi connectivity index (χ2v) is 7.07. The van der Waals surface area contributed by atoms with Crippen molar-refractivity contribution in [3.05, 3.63) is 66.0 Å². The van der Waals surface area contributed by atoms with Crippen molar-refractivity contribution in [1.82, 2.24) is 20.2 Å². The van der Waals surface area contributed by atoms with Crippen molar-refractivity contribution in [2.75, 3.05) is 13.1 Å². The van der Waals surface area contributed by atoms with Crippen molar-refractivity contribution in [3.63, 3.8) is 0 Å². The number of piperidine rings is 1. The lowest BCUT2D eigenvalue weighted by molar-refractivity contribution is -0.0245. The number of fused-ring (bicyclic) bond motifs is 2. The molecule has 0 unspecified atom stereocenters. The highest BCUT2D eigenvalue weighted by molar-refractivity contribution is 6.04. The molecule has 2 aliphatic heterocycles. The molecular weight excluding hydrogens is 356 g/mol. The standard InChI is InChI=1S/C21H18N4O3/c26-19-14-4-1-2-7-17(14)28-21(24-19)8-12-25(13-9-21)20(27)15-5-3-6-16-18(15)23-11-10-22-16/h1-7,10-11H,8-9,12-13H2,(H,24,26). The van der Waals surface area contributed by atoms with Gasteiger partial charge in [-0.15, -0.1) is 0 Å². The molecule has 140 valence electrons. The molecule has 1 N–H and O–H groups in total. The summed E-state index contributed by atoms with van der Waals surface area (Å²) in [7, 11) is 0. The van der Waals surface area contributed by atoms with E-state index < -0.39 is 5.72 Å².